The van der Waals surface area contributed by atoms with Crippen LogP contribution in [0.15, 0.2) is 30.6 Å². The van der Waals surface area contributed by atoms with Crippen LogP contribution in [0.1, 0.15) is 10.6 Å². The van der Waals surface area contributed by atoms with Crippen LogP contribution in [0.4, 0.5) is 5.95 Å². The average molecular weight is 286 g/mol. The Hall–Kier alpha value is -3.43. The number of aromatic nitrogens is 5. The second-order valence-corrected chi connectivity index (χ2v) is 3.94. The fourth-order valence-corrected chi connectivity index (χ4v) is 1.77. The molecule has 0 fully saturated rings. The molecule has 3 rings (SSSR count). The third-order valence-electron chi connectivity index (χ3n) is 2.63. The van der Waals surface area contributed by atoms with Crippen LogP contribution in [0.3, 0.4) is 0 Å². The number of carboxylic acid groups (broad SMARTS) is 1. The van der Waals surface area contributed by atoms with Crippen molar-refractivity contribution >= 4 is 22.8 Å². The Morgan fingerprint density at radius 2 is 2.05 bits per heavy atom. The Bertz CT molecular complexity index is 874. The Labute approximate surface area is 115 Å². The highest BCUT2D eigenvalue weighted by atomic mass is 16.6. The molecule has 1 aromatic carbocycles. The molecule has 2 heterocycles. The zero-order chi connectivity index (χ0) is 15.0. The van der Waals surface area contributed by atoms with Gasteiger partial charge in [-0.1, -0.05) is 17.1 Å². The molecule has 2 aromatic heterocycles. The summed E-state index contributed by atoms with van der Waals surface area (Å²) in [7, 11) is 0. The summed E-state index contributed by atoms with van der Waals surface area (Å²) in [6.45, 7) is 0. The predicted molar refractivity (Wildman–Crippen MR) is 68.1 cm³/mol. The van der Waals surface area contributed by atoms with Gasteiger partial charge < -0.3 is 15.2 Å². The molecule has 10 nitrogen and oxygen atoms in total. The van der Waals surface area contributed by atoms with E-state index < -0.39 is 22.7 Å². The van der Waals surface area contributed by atoms with Crippen LogP contribution in [-0.2, 0) is 0 Å². The van der Waals surface area contributed by atoms with Gasteiger partial charge in [-0.2, -0.15) is 0 Å². The van der Waals surface area contributed by atoms with E-state index in [2.05, 4.69) is 20.1 Å². The summed E-state index contributed by atoms with van der Waals surface area (Å²) in [5.74, 6) is -2.23. The van der Waals surface area contributed by atoms with Crippen LogP contribution >= 0.6 is 0 Å². The first-order valence-corrected chi connectivity index (χ1v) is 5.63. The molecular weight excluding hydrogens is 280 g/mol. The van der Waals surface area contributed by atoms with Crippen molar-refractivity contribution in [2.45, 2.75) is 0 Å². The Balaban J connectivity index is 2.28. The summed E-state index contributed by atoms with van der Waals surface area (Å²) in [6.07, 6.45) is 1.10. The van der Waals surface area contributed by atoms with Gasteiger partial charge in [0.15, 0.2) is 5.82 Å². The lowest BCUT2D eigenvalue weighted by Crippen LogP contribution is -2.09. The Kier molecular flexibility index (Phi) is 2.76. The number of rotatable bonds is 3. The van der Waals surface area contributed by atoms with Gasteiger partial charge in [-0.05, 0) is 17.1 Å². The molecule has 0 atom stereocenters. The SMILES string of the molecule is O=C(O)c1nc(-n2cnc([N+](=O)[O-])n2)c2ccccc2n1. The number of benzene rings is 1. The second-order valence-electron chi connectivity index (χ2n) is 3.94. The zero-order valence-corrected chi connectivity index (χ0v) is 10.2. The van der Waals surface area contributed by atoms with Crippen molar-refractivity contribution in [2.24, 2.45) is 0 Å². The van der Waals surface area contributed by atoms with Crippen LogP contribution in [0.5, 0.6) is 0 Å². The number of nitro groups is 1. The van der Waals surface area contributed by atoms with Crippen molar-refractivity contribution in [1.82, 2.24) is 24.7 Å². The van der Waals surface area contributed by atoms with Crippen molar-refractivity contribution in [3.8, 4) is 5.82 Å². The molecule has 0 radical (unpaired) electrons. The summed E-state index contributed by atoms with van der Waals surface area (Å²) in [6, 6.07) is 6.66. The third kappa shape index (κ3) is 2.14. The number of hydrogen-bond donors (Lipinski definition) is 1. The summed E-state index contributed by atoms with van der Waals surface area (Å²) in [4.78, 5) is 32.2. The van der Waals surface area contributed by atoms with E-state index >= 15 is 0 Å². The van der Waals surface area contributed by atoms with Crippen molar-refractivity contribution in [3.63, 3.8) is 0 Å². The maximum atomic E-state index is 11.1. The maximum Gasteiger partial charge on any atom is 0.491 e. The standard InChI is InChI=1S/C11H6N6O4/c18-10(19)8-13-7-4-2-1-3-6(7)9(14-8)16-5-12-11(15-16)17(20)21/h1-5H,(H,18,19). The Morgan fingerprint density at radius 1 is 1.29 bits per heavy atom. The molecule has 21 heavy (non-hydrogen) atoms. The van der Waals surface area contributed by atoms with E-state index in [-0.39, 0.29) is 5.82 Å². The highest BCUT2D eigenvalue weighted by Crippen LogP contribution is 2.19. The molecule has 0 aliphatic heterocycles. The van der Waals surface area contributed by atoms with Crippen LogP contribution < -0.4 is 0 Å². The van der Waals surface area contributed by atoms with Crippen LogP contribution in [0, 0.1) is 10.1 Å². The average Bonchev–Trinajstić information content (AvgIpc) is 2.96. The number of para-hydroxylation sites is 1. The molecule has 0 saturated carbocycles. The predicted octanol–water partition coefficient (Wildman–Crippen LogP) is 0.817. The van der Waals surface area contributed by atoms with E-state index in [0.717, 1.165) is 11.0 Å². The number of hydrogen-bond acceptors (Lipinski definition) is 7. The molecule has 0 aliphatic rings. The lowest BCUT2D eigenvalue weighted by Gasteiger charge is -2.03. The lowest BCUT2D eigenvalue weighted by atomic mass is 10.2. The van der Waals surface area contributed by atoms with E-state index in [4.69, 9.17) is 5.11 Å². The fraction of sp³-hybridized carbons (Fsp3) is 0. The maximum absolute atomic E-state index is 11.1. The topological polar surface area (TPSA) is 137 Å². The molecule has 3 aromatic rings. The fourth-order valence-electron chi connectivity index (χ4n) is 1.77. The monoisotopic (exact) mass is 286 g/mol. The normalized spacial score (nSPS) is 10.7. The van der Waals surface area contributed by atoms with Gasteiger partial charge in [0.2, 0.25) is 12.2 Å². The van der Waals surface area contributed by atoms with E-state index in [0.29, 0.717) is 10.9 Å². The van der Waals surface area contributed by atoms with Gasteiger partial charge in [-0.25, -0.2) is 14.8 Å². The highest BCUT2D eigenvalue weighted by molar-refractivity contribution is 5.90. The minimum Gasteiger partial charge on any atom is -0.475 e. The quantitative estimate of drug-likeness (QED) is 0.551. The van der Waals surface area contributed by atoms with Gasteiger partial charge in [0.05, 0.1) is 5.52 Å². The van der Waals surface area contributed by atoms with Gasteiger partial charge >= 0.3 is 11.9 Å². The first-order chi connectivity index (χ1) is 10.1. The van der Waals surface area contributed by atoms with Crippen molar-refractivity contribution in [1.29, 1.82) is 0 Å². The van der Waals surface area contributed by atoms with Gasteiger partial charge in [-0.15, -0.1) is 4.68 Å². The largest absolute Gasteiger partial charge is 0.491 e. The number of aromatic carboxylic acids is 1. The minimum absolute atomic E-state index is 0.110. The zero-order valence-electron chi connectivity index (χ0n) is 10.2. The van der Waals surface area contributed by atoms with Gasteiger partial charge in [0.25, 0.3) is 0 Å². The number of fused-ring (bicyclic) bond motifs is 1. The van der Waals surface area contributed by atoms with E-state index in [9.17, 15) is 14.9 Å². The molecule has 0 saturated heterocycles. The second kappa shape index (κ2) is 4.59. The van der Waals surface area contributed by atoms with E-state index in [1.165, 1.54) is 0 Å². The number of carbonyl (C=O) groups is 1. The number of carboxylic acids is 1. The van der Waals surface area contributed by atoms with Gasteiger partial charge in [0, 0.05) is 10.5 Å². The molecular formula is C11H6N6O4. The van der Waals surface area contributed by atoms with Crippen molar-refractivity contribution in [2.75, 3.05) is 0 Å². The first kappa shape index (κ1) is 12.6. The third-order valence-corrected chi connectivity index (χ3v) is 2.63. The summed E-state index contributed by atoms with van der Waals surface area (Å²) in [5, 5.41) is 23.8. The van der Waals surface area contributed by atoms with Crippen molar-refractivity contribution < 1.29 is 14.8 Å². The Morgan fingerprint density at radius 3 is 2.71 bits per heavy atom. The first-order valence-electron chi connectivity index (χ1n) is 5.63. The van der Waals surface area contributed by atoms with Gasteiger partial charge in [-0.3, -0.25) is 0 Å². The van der Waals surface area contributed by atoms with Crippen LogP contribution in [0.2, 0.25) is 0 Å². The molecule has 0 amide bonds. The molecule has 0 spiro atoms. The van der Waals surface area contributed by atoms with E-state index in [1.807, 2.05) is 0 Å². The van der Waals surface area contributed by atoms with Crippen molar-refractivity contribution in [3.05, 3.63) is 46.5 Å². The summed E-state index contributed by atoms with van der Waals surface area (Å²) in [5.41, 5.74) is 0.387. The van der Waals surface area contributed by atoms with Gasteiger partial charge in [0.1, 0.15) is 0 Å². The summed E-state index contributed by atoms with van der Waals surface area (Å²) < 4.78 is 1.05. The molecule has 0 unspecified atom stereocenters. The number of nitrogens with zero attached hydrogens (tertiary/aromatic N) is 6. The molecule has 104 valence electrons. The van der Waals surface area contributed by atoms with Crippen LogP contribution in [0.25, 0.3) is 16.7 Å². The smallest absolute Gasteiger partial charge is 0.475 e. The minimum atomic E-state index is -1.31. The molecule has 0 bridgehead atoms. The molecule has 10 heteroatoms. The van der Waals surface area contributed by atoms with E-state index in [1.54, 1.807) is 24.3 Å². The lowest BCUT2D eigenvalue weighted by molar-refractivity contribution is -0.394. The van der Waals surface area contributed by atoms with Crippen LogP contribution in [-0.4, -0.2) is 40.7 Å². The molecule has 0 aliphatic carbocycles. The molecule has 1 N–H and O–H groups in total. The highest BCUT2D eigenvalue weighted by Gasteiger charge is 2.19. The summed E-state index contributed by atoms with van der Waals surface area (Å²) >= 11 is 0.